The van der Waals surface area contributed by atoms with Crippen LogP contribution in [0.3, 0.4) is 0 Å². The lowest BCUT2D eigenvalue weighted by molar-refractivity contribution is -0.671. The van der Waals surface area contributed by atoms with Gasteiger partial charge in [-0.05, 0) is 144 Å². The molecular formula is C65H58ClN10O2+3. The number of nitrogens with zero attached hydrogens (tertiary/aromatic N) is 7. The zero-order valence-corrected chi connectivity index (χ0v) is 44.7. The maximum absolute atomic E-state index is 11.3. The molecule has 0 spiro atoms. The van der Waals surface area contributed by atoms with E-state index in [1.54, 1.807) is 7.11 Å². The minimum atomic E-state index is 0.0170. The molecule has 3 aromatic carbocycles. The molecule has 13 heteroatoms. The minimum absolute atomic E-state index is 0.0170. The van der Waals surface area contributed by atoms with Crippen LogP contribution in [0.4, 0.5) is 0 Å². The highest BCUT2D eigenvalue weighted by atomic mass is 35.5. The number of aryl methyl sites for hydroxylation is 2. The summed E-state index contributed by atoms with van der Waals surface area (Å²) in [6.45, 7) is 1.33. The summed E-state index contributed by atoms with van der Waals surface area (Å²) in [5, 5.41) is 15.2. The number of aliphatic hydroxyl groups is 1. The smallest absolute Gasteiger partial charge is 0.217 e. The highest BCUT2D eigenvalue weighted by molar-refractivity contribution is 6.36. The van der Waals surface area contributed by atoms with Gasteiger partial charge in [-0.25, -0.2) is 29.1 Å². The van der Waals surface area contributed by atoms with Crippen LogP contribution in [0.2, 0.25) is 5.02 Å². The van der Waals surface area contributed by atoms with Crippen LogP contribution >= 0.6 is 11.6 Å². The average Bonchev–Trinajstić information content (AvgIpc) is 4.33. The Morgan fingerprint density at radius 3 is 1.79 bits per heavy atom. The standard InChI is InChI=1S/C65H56ClN10O2/c1-74-33-25-42(26-34-74)61-53-19-17-51(70-53)60(41-9-11-45(12-10-41)65(77)68-32-8-6-5-7-31-67-64-48-15-13-46(66)39-59(48)69-50-16-14-47(78-4)40-49(50)64)52-18-20-54(71-52)62(43-27-35-75(2)36-28-43)56-22-24-58(73-56)63(57-23-21-55(61)72-57)44-29-37-76(3)38-30-44/h9-30,33-40H,5-8,31-32H2,1-4H3,(H2-,67,68,69,70,71,72,73,77)/q+1/p+2. The Hall–Kier alpha value is -9.26. The van der Waals surface area contributed by atoms with Crippen molar-refractivity contribution in [2.24, 2.45) is 34.1 Å². The summed E-state index contributed by atoms with van der Waals surface area (Å²) < 4.78 is 9.63. The summed E-state index contributed by atoms with van der Waals surface area (Å²) in [6.07, 6.45) is 33.0. The third-order valence-corrected chi connectivity index (χ3v) is 14.8. The molecule has 0 amide bonds. The van der Waals surface area contributed by atoms with Gasteiger partial charge in [-0.15, -0.1) is 0 Å². The van der Waals surface area contributed by atoms with Crippen molar-refractivity contribution in [1.82, 2.24) is 14.9 Å². The molecule has 9 heterocycles. The number of benzene rings is 3. The number of unbranched alkanes of at least 4 members (excludes halogenated alkanes) is 3. The summed E-state index contributed by atoms with van der Waals surface area (Å²) in [6, 6.07) is 32.7. The molecule has 8 bridgehead atoms. The number of H-pyrrole nitrogens is 2. The Morgan fingerprint density at radius 2 is 1.18 bits per heavy atom. The van der Waals surface area contributed by atoms with Gasteiger partial charge in [0.2, 0.25) is 11.3 Å². The van der Waals surface area contributed by atoms with Crippen LogP contribution < -0.4 is 24.2 Å². The van der Waals surface area contributed by atoms with Gasteiger partial charge in [-0.3, -0.25) is 4.99 Å². The first-order valence-corrected chi connectivity index (χ1v) is 26.7. The third-order valence-electron chi connectivity index (χ3n) is 14.6. The summed E-state index contributed by atoms with van der Waals surface area (Å²) >= 11 is 6.38. The molecule has 12 rings (SSSR count). The van der Waals surface area contributed by atoms with Crippen molar-refractivity contribution >= 4 is 73.2 Å². The van der Waals surface area contributed by atoms with Crippen molar-refractivity contribution in [2.75, 3.05) is 27.2 Å². The quantitative estimate of drug-likeness (QED) is 0.0319. The Kier molecular flexibility index (Phi) is 13.6. The Labute approximate surface area is 457 Å². The molecule has 0 radical (unpaired) electrons. The second kappa shape index (κ2) is 21.4. The fourth-order valence-electron chi connectivity index (χ4n) is 10.5. The van der Waals surface area contributed by atoms with E-state index >= 15 is 0 Å². The van der Waals surface area contributed by atoms with Crippen LogP contribution in [0.1, 0.15) is 59.3 Å². The molecule has 78 heavy (non-hydrogen) atoms. The number of aliphatic imine (C=N–C) groups is 4. The van der Waals surface area contributed by atoms with Gasteiger partial charge < -0.3 is 24.7 Å². The second-order valence-electron chi connectivity index (χ2n) is 19.9. The van der Waals surface area contributed by atoms with Gasteiger partial charge in [0.15, 0.2) is 24.8 Å². The average molecular weight is 1050 g/mol. The normalized spacial score (nSPS) is 16.3. The molecule has 0 atom stereocenters. The molecule has 0 saturated heterocycles. The van der Waals surface area contributed by atoms with Crippen molar-refractivity contribution in [3.8, 4) is 5.75 Å². The number of hydrogen-bond donors (Lipinski definition) is 4. The molecule has 0 saturated carbocycles. The van der Waals surface area contributed by atoms with Gasteiger partial charge in [0.1, 0.15) is 26.4 Å². The first-order valence-electron chi connectivity index (χ1n) is 26.3. The van der Waals surface area contributed by atoms with E-state index in [1.807, 2.05) is 83.7 Å². The van der Waals surface area contributed by atoms with E-state index in [2.05, 4.69) is 154 Å². The Bertz CT molecular complexity index is 4080. The number of aromatic amines is 2. The first kappa shape index (κ1) is 49.6. The number of rotatable bonds is 12. The fourth-order valence-corrected chi connectivity index (χ4v) is 10.7. The number of ether oxygens (including phenoxy) is 1. The molecule has 12 nitrogen and oxygen atoms in total. The number of halogens is 1. The Balaban J connectivity index is 0.851. The van der Waals surface area contributed by atoms with E-state index in [0.29, 0.717) is 17.1 Å². The largest absolute Gasteiger partial charge is 0.497 e. The number of methoxy groups -OCH3 is 1. The maximum Gasteiger partial charge on any atom is 0.217 e. The molecule has 5 aliphatic rings. The molecule has 0 fully saturated rings. The maximum atomic E-state index is 11.3. The van der Waals surface area contributed by atoms with Gasteiger partial charge in [0, 0.05) is 101 Å². The highest BCUT2D eigenvalue weighted by Crippen LogP contribution is 2.38. The predicted octanol–water partition coefficient (Wildman–Crippen LogP) is 9.75. The minimum Gasteiger partial charge on any atom is -0.497 e. The number of aliphatic hydroxyl groups excluding tert-OH is 1. The summed E-state index contributed by atoms with van der Waals surface area (Å²) in [4.78, 5) is 34.0. The van der Waals surface area contributed by atoms with E-state index in [1.165, 1.54) is 0 Å². The highest BCUT2D eigenvalue weighted by Gasteiger charge is 2.28. The van der Waals surface area contributed by atoms with Crippen LogP contribution in [0, 0.1) is 0 Å². The lowest BCUT2D eigenvalue weighted by Gasteiger charge is -2.16. The first-order chi connectivity index (χ1) is 38.1. The summed E-state index contributed by atoms with van der Waals surface area (Å²) in [5.41, 5.74) is 17.0. The van der Waals surface area contributed by atoms with E-state index in [0.717, 1.165) is 155 Å². The van der Waals surface area contributed by atoms with E-state index < -0.39 is 0 Å². The molecule has 384 valence electrons. The number of allylic oxidation sites excluding steroid dienone is 11. The van der Waals surface area contributed by atoms with Gasteiger partial charge in [-0.2, -0.15) is 0 Å². The fraction of sp³-hybridized carbons (Fsp3) is 0.154. The zero-order chi connectivity index (χ0) is 53.3. The Morgan fingerprint density at radius 1 is 0.603 bits per heavy atom. The number of nitrogens with one attached hydrogen (secondary N) is 3. The van der Waals surface area contributed by atoms with E-state index in [9.17, 15) is 5.11 Å². The van der Waals surface area contributed by atoms with Crippen LogP contribution in [0.15, 0.2) is 231 Å². The third kappa shape index (κ3) is 10.0. The number of pyridine rings is 3. The summed E-state index contributed by atoms with van der Waals surface area (Å²) in [7, 11) is 7.75. The summed E-state index contributed by atoms with van der Waals surface area (Å²) in [5.74, 6) is 0.819. The van der Waals surface area contributed by atoms with Crippen LogP contribution in [-0.2, 0) is 14.1 Å². The van der Waals surface area contributed by atoms with Crippen molar-refractivity contribution in [2.45, 2.75) is 25.7 Å². The molecule has 0 aliphatic carbocycles. The second-order valence-corrected chi connectivity index (χ2v) is 20.4. The van der Waals surface area contributed by atoms with Crippen molar-refractivity contribution < 1.29 is 24.0 Å². The van der Waals surface area contributed by atoms with Crippen molar-refractivity contribution in [1.29, 1.82) is 0 Å². The zero-order valence-electron chi connectivity index (χ0n) is 43.9. The molecular weight excluding hydrogens is 988 g/mol. The van der Waals surface area contributed by atoms with Crippen LogP contribution in [0.25, 0.3) is 38.5 Å². The molecule has 4 aromatic heterocycles. The topological polar surface area (TPSA) is 135 Å². The number of hydrogen-bond acceptors (Lipinski definition) is 6. The van der Waals surface area contributed by atoms with Crippen LogP contribution in [0.5, 0.6) is 5.75 Å². The number of aromatic nitrogens is 4. The molecule has 4 N–H and O–H groups in total. The number of fused-ring (bicyclic) bond motifs is 7. The monoisotopic (exact) mass is 1050 g/mol. The van der Waals surface area contributed by atoms with E-state index in [4.69, 9.17) is 31.3 Å². The van der Waals surface area contributed by atoms with Crippen LogP contribution in [-0.4, -0.2) is 70.3 Å². The lowest BCUT2D eigenvalue weighted by atomic mass is 9.97. The van der Waals surface area contributed by atoms with Crippen molar-refractivity contribution in [3.63, 3.8) is 0 Å². The predicted molar refractivity (Wildman–Crippen MR) is 313 cm³/mol. The van der Waals surface area contributed by atoms with Gasteiger partial charge in [-0.1, -0.05) is 30.2 Å². The molecule has 0 unspecified atom stereocenters. The van der Waals surface area contributed by atoms with Gasteiger partial charge in [0.25, 0.3) is 0 Å². The molecule has 7 aromatic rings. The van der Waals surface area contributed by atoms with Gasteiger partial charge in [0.05, 0.1) is 63.1 Å². The van der Waals surface area contributed by atoms with E-state index in [-0.39, 0.29) is 5.90 Å². The SMILES string of the molecule is COc1ccc2[nH]c3cc(Cl)ccc3c(=[NH+]CCCCCCN=C(O)c3ccc(C4=C5C=CC(=N5)C(=C5C=CN(C)C=C5)C5=NC(=C(c6cc[n+](C)cc6)c6ccc([nH]6)C(c6cc[n+](C)cc6)=C6C=CC4=N6)C=C5)cc3)c2c1. The molecule has 5 aliphatic heterocycles. The van der Waals surface area contributed by atoms with Crippen molar-refractivity contribution in [3.05, 3.63) is 255 Å². The van der Waals surface area contributed by atoms with Gasteiger partial charge >= 0.3 is 0 Å². The lowest BCUT2D eigenvalue weighted by Crippen LogP contribution is -2.76.